The molecular weight excluding hydrogens is 362 g/mol. The molecule has 1 saturated carbocycles. The number of likely N-dealkylation sites (N-methyl/N-ethyl adjacent to an activating group) is 1. The Morgan fingerprint density at radius 2 is 1.72 bits per heavy atom. The highest BCUT2D eigenvalue weighted by Gasteiger charge is 2.35. The molecule has 0 atom stereocenters. The standard InChI is InChI=1S/C24H29N3O2/c1-26(16-12-18-10-14-25-15-11-18)23(28)20-6-8-21(9-7-20)24(29)27-17-13-19-4-2-3-5-22(19)27/h2-5,10-11,14-15,20-21H,6-9,12-13,16-17H2,1H3. The van der Waals surface area contributed by atoms with Crippen molar-refractivity contribution >= 4 is 17.5 Å². The average Bonchev–Trinajstić information content (AvgIpc) is 3.21. The molecule has 5 heteroatoms. The summed E-state index contributed by atoms with van der Waals surface area (Å²) in [4.78, 5) is 33.7. The minimum absolute atomic E-state index is 0.0485. The quantitative estimate of drug-likeness (QED) is 0.784. The number of pyridine rings is 1. The highest BCUT2D eigenvalue weighted by atomic mass is 16.2. The summed E-state index contributed by atoms with van der Waals surface area (Å²) in [5.74, 6) is 0.558. The van der Waals surface area contributed by atoms with Crippen molar-refractivity contribution < 1.29 is 9.59 Å². The van der Waals surface area contributed by atoms with Gasteiger partial charge in [0.05, 0.1) is 0 Å². The minimum atomic E-state index is 0.0485. The van der Waals surface area contributed by atoms with E-state index in [1.807, 2.05) is 47.2 Å². The molecular formula is C24H29N3O2. The van der Waals surface area contributed by atoms with E-state index in [1.54, 1.807) is 12.4 Å². The van der Waals surface area contributed by atoms with Gasteiger partial charge in [0.2, 0.25) is 11.8 Å². The smallest absolute Gasteiger partial charge is 0.230 e. The number of anilines is 1. The fourth-order valence-corrected chi connectivity index (χ4v) is 4.64. The Bertz CT molecular complexity index is 859. The SMILES string of the molecule is CN(CCc1ccncc1)C(=O)C1CCC(C(=O)N2CCc3ccccc32)CC1. The molecule has 1 aromatic carbocycles. The predicted molar refractivity (Wildman–Crippen MR) is 114 cm³/mol. The molecule has 4 rings (SSSR count). The van der Waals surface area contributed by atoms with Crippen LogP contribution in [0, 0.1) is 11.8 Å². The zero-order valence-electron chi connectivity index (χ0n) is 17.1. The van der Waals surface area contributed by atoms with E-state index in [0.29, 0.717) is 6.54 Å². The van der Waals surface area contributed by atoms with E-state index in [4.69, 9.17) is 0 Å². The molecule has 152 valence electrons. The summed E-state index contributed by atoms with van der Waals surface area (Å²) in [6.45, 7) is 1.50. The average molecular weight is 392 g/mol. The van der Waals surface area contributed by atoms with E-state index in [1.165, 1.54) is 11.1 Å². The molecule has 0 radical (unpaired) electrons. The van der Waals surface area contributed by atoms with E-state index < -0.39 is 0 Å². The molecule has 0 bridgehead atoms. The summed E-state index contributed by atoms with van der Waals surface area (Å²) >= 11 is 0. The number of hydrogen-bond acceptors (Lipinski definition) is 3. The Labute approximate surface area is 172 Å². The molecule has 5 nitrogen and oxygen atoms in total. The van der Waals surface area contributed by atoms with Crippen molar-refractivity contribution in [2.45, 2.75) is 38.5 Å². The number of fused-ring (bicyclic) bond motifs is 1. The largest absolute Gasteiger partial charge is 0.345 e. The fraction of sp³-hybridized carbons (Fsp3) is 0.458. The second-order valence-electron chi connectivity index (χ2n) is 8.28. The highest BCUT2D eigenvalue weighted by molar-refractivity contribution is 5.97. The van der Waals surface area contributed by atoms with Gasteiger partial charge in [0.25, 0.3) is 0 Å². The summed E-state index contributed by atoms with van der Waals surface area (Å²) in [6, 6.07) is 12.2. The first-order chi connectivity index (χ1) is 14.1. The molecule has 0 saturated heterocycles. The summed E-state index contributed by atoms with van der Waals surface area (Å²) < 4.78 is 0. The number of benzene rings is 1. The van der Waals surface area contributed by atoms with Crippen molar-refractivity contribution in [2.75, 3.05) is 25.0 Å². The fourth-order valence-electron chi connectivity index (χ4n) is 4.64. The van der Waals surface area contributed by atoms with E-state index in [-0.39, 0.29) is 23.7 Å². The van der Waals surface area contributed by atoms with Crippen molar-refractivity contribution in [2.24, 2.45) is 11.8 Å². The molecule has 1 aliphatic heterocycles. The zero-order chi connectivity index (χ0) is 20.2. The van der Waals surface area contributed by atoms with E-state index in [0.717, 1.165) is 50.8 Å². The summed E-state index contributed by atoms with van der Waals surface area (Å²) in [5.41, 5.74) is 3.53. The number of rotatable bonds is 5. The maximum atomic E-state index is 13.1. The summed E-state index contributed by atoms with van der Waals surface area (Å²) in [6.07, 6.45) is 8.60. The van der Waals surface area contributed by atoms with Gasteiger partial charge in [-0.25, -0.2) is 0 Å². The van der Waals surface area contributed by atoms with Crippen LogP contribution in [0.1, 0.15) is 36.8 Å². The van der Waals surface area contributed by atoms with Crippen LogP contribution in [-0.4, -0.2) is 41.8 Å². The van der Waals surface area contributed by atoms with Crippen LogP contribution < -0.4 is 4.90 Å². The Hall–Kier alpha value is -2.69. The topological polar surface area (TPSA) is 53.5 Å². The third-order valence-corrected chi connectivity index (χ3v) is 6.44. The van der Waals surface area contributed by atoms with Crippen LogP contribution in [0.15, 0.2) is 48.8 Å². The second-order valence-corrected chi connectivity index (χ2v) is 8.28. The van der Waals surface area contributed by atoms with Crippen LogP contribution in [0.5, 0.6) is 0 Å². The lowest BCUT2D eigenvalue weighted by atomic mass is 9.80. The Morgan fingerprint density at radius 1 is 1.03 bits per heavy atom. The van der Waals surface area contributed by atoms with Gasteiger partial charge in [0, 0.05) is 50.1 Å². The van der Waals surface area contributed by atoms with Crippen LogP contribution in [-0.2, 0) is 22.4 Å². The van der Waals surface area contributed by atoms with Gasteiger partial charge >= 0.3 is 0 Å². The van der Waals surface area contributed by atoms with Crippen LogP contribution in [0.4, 0.5) is 5.69 Å². The second kappa shape index (κ2) is 8.76. The Morgan fingerprint density at radius 3 is 2.48 bits per heavy atom. The molecule has 2 amide bonds. The lowest BCUT2D eigenvalue weighted by Crippen LogP contribution is -2.40. The molecule has 1 aliphatic carbocycles. The maximum absolute atomic E-state index is 13.1. The van der Waals surface area contributed by atoms with Crippen LogP contribution in [0.2, 0.25) is 0 Å². The first kappa shape index (κ1) is 19.6. The Kier molecular flexibility index (Phi) is 5.93. The van der Waals surface area contributed by atoms with Gasteiger partial charge in [0.15, 0.2) is 0 Å². The molecule has 2 heterocycles. The van der Waals surface area contributed by atoms with Crippen LogP contribution in [0.3, 0.4) is 0 Å². The number of carbonyl (C=O) groups excluding carboxylic acids is 2. The molecule has 2 aromatic rings. The van der Waals surface area contributed by atoms with E-state index in [9.17, 15) is 9.59 Å². The highest BCUT2D eigenvalue weighted by Crippen LogP contribution is 2.35. The van der Waals surface area contributed by atoms with Gasteiger partial charge in [-0.3, -0.25) is 14.6 Å². The van der Waals surface area contributed by atoms with Crippen LogP contribution in [0.25, 0.3) is 0 Å². The molecule has 1 fully saturated rings. The minimum Gasteiger partial charge on any atom is -0.345 e. The summed E-state index contributed by atoms with van der Waals surface area (Å²) in [7, 11) is 1.89. The lowest BCUT2D eigenvalue weighted by molar-refractivity contribution is -0.136. The van der Waals surface area contributed by atoms with E-state index >= 15 is 0 Å². The van der Waals surface area contributed by atoms with Crippen molar-refractivity contribution in [3.05, 3.63) is 59.9 Å². The third-order valence-electron chi connectivity index (χ3n) is 6.44. The molecule has 29 heavy (non-hydrogen) atoms. The van der Waals surface area contributed by atoms with Gasteiger partial charge in [-0.2, -0.15) is 0 Å². The number of para-hydroxylation sites is 1. The molecule has 0 unspecified atom stereocenters. The number of aromatic nitrogens is 1. The first-order valence-electron chi connectivity index (χ1n) is 10.7. The third kappa shape index (κ3) is 4.34. The number of nitrogens with zero attached hydrogens (tertiary/aromatic N) is 3. The van der Waals surface area contributed by atoms with Gasteiger partial charge in [0.1, 0.15) is 0 Å². The molecule has 0 N–H and O–H groups in total. The monoisotopic (exact) mass is 391 g/mol. The van der Waals surface area contributed by atoms with Gasteiger partial charge < -0.3 is 9.80 Å². The number of amides is 2. The predicted octanol–water partition coefficient (Wildman–Crippen LogP) is 3.48. The van der Waals surface area contributed by atoms with Crippen molar-refractivity contribution in [1.82, 2.24) is 9.88 Å². The number of hydrogen-bond donors (Lipinski definition) is 0. The Balaban J connectivity index is 1.28. The molecule has 0 spiro atoms. The van der Waals surface area contributed by atoms with Gasteiger partial charge in [-0.1, -0.05) is 18.2 Å². The van der Waals surface area contributed by atoms with Crippen molar-refractivity contribution in [1.29, 1.82) is 0 Å². The lowest BCUT2D eigenvalue weighted by Gasteiger charge is -2.32. The van der Waals surface area contributed by atoms with Crippen LogP contribution >= 0.6 is 0 Å². The van der Waals surface area contributed by atoms with Gasteiger partial charge in [-0.15, -0.1) is 0 Å². The molecule has 1 aromatic heterocycles. The van der Waals surface area contributed by atoms with Crippen molar-refractivity contribution in [3.63, 3.8) is 0 Å². The normalized spacial score (nSPS) is 20.9. The van der Waals surface area contributed by atoms with Gasteiger partial charge in [-0.05, 0) is 67.9 Å². The zero-order valence-corrected chi connectivity index (χ0v) is 17.1. The first-order valence-corrected chi connectivity index (χ1v) is 10.7. The summed E-state index contributed by atoms with van der Waals surface area (Å²) in [5, 5.41) is 0. The number of carbonyl (C=O) groups is 2. The van der Waals surface area contributed by atoms with Crippen molar-refractivity contribution in [3.8, 4) is 0 Å². The maximum Gasteiger partial charge on any atom is 0.230 e. The molecule has 2 aliphatic rings. The van der Waals surface area contributed by atoms with E-state index in [2.05, 4.69) is 11.1 Å².